The summed E-state index contributed by atoms with van der Waals surface area (Å²) in [5.41, 5.74) is 0. The summed E-state index contributed by atoms with van der Waals surface area (Å²) < 4.78 is 39.5. The average Bonchev–Trinajstić information content (AvgIpc) is 2.26. The zero-order valence-electron chi connectivity index (χ0n) is 9.92. The molecule has 0 aromatic heterocycles. The summed E-state index contributed by atoms with van der Waals surface area (Å²) in [6.45, 7) is 2.60. The van der Waals surface area contributed by atoms with Crippen LogP contribution in [0.5, 0.6) is 0 Å². The van der Waals surface area contributed by atoms with Crippen LogP contribution in [-0.4, -0.2) is 36.9 Å². The lowest BCUT2D eigenvalue weighted by Crippen LogP contribution is -2.41. The van der Waals surface area contributed by atoms with Gasteiger partial charge in [-0.3, -0.25) is 9.53 Å². The monoisotopic (exact) mass is 253 g/mol. The first-order valence-corrected chi connectivity index (χ1v) is 5.91. The summed E-state index contributed by atoms with van der Waals surface area (Å²) >= 11 is 0. The number of likely N-dealkylation sites (tertiary alicyclic amines) is 1. The maximum atomic E-state index is 11.9. The molecule has 100 valence electrons. The minimum Gasteiger partial charge on any atom is -0.342 e. The van der Waals surface area contributed by atoms with Gasteiger partial charge in [-0.2, -0.15) is 0 Å². The summed E-state index contributed by atoms with van der Waals surface area (Å²) in [5, 5.41) is 0. The van der Waals surface area contributed by atoms with E-state index in [-0.39, 0.29) is 18.4 Å². The molecular formula is C11H18F3NO2. The molecule has 1 aliphatic heterocycles. The van der Waals surface area contributed by atoms with E-state index in [9.17, 15) is 18.0 Å². The second-order valence-electron chi connectivity index (χ2n) is 4.35. The summed E-state index contributed by atoms with van der Waals surface area (Å²) in [6, 6.07) is 0. The highest BCUT2D eigenvalue weighted by Gasteiger charge is 2.32. The molecular weight excluding hydrogens is 235 g/mol. The van der Waals surface area contributed by atoms with E-state index in [1.54, 1.807) is 4.90 Å². The lowest BCUT2D eigenvalue weighted by Gasteiger charge is -2.32. The smallest absolute Gasteiger partial charge is 0.342 e. The van der Waals surface area contributed by atoms with Crippen molar-refractivity contribution in [1.29, 1.82) is 0 Å². The van der Waals surface area contributed by atoms with Crippen LogP contribution in [0.25, 0.3) is 0 Å². The molecule has 1 fully saturated rings. The second kappa shape index (κ2) is 6.23. The van der Waals surface area contributed by atoms with E-state index in [0.29, 0.717) is 25.9 Å². The molecule has 0 bridgehead atoms. The number of carbonyl (C=O) groups excluding carboxylic acids is 1. The van der Waals surface area contributed by atoms with Gasteiger partial charge >= 0.3 is 6.36 Å². The van der Waals surface area contributed by atoms with Crippen molar-refractivity contribution in [3.05, 3.63) is 0 Å². The van der Waals surface area contributed by atoms with Crippen LogP contribution in [0, 0.1) is 5.92 Å². The van der Waals surface area contributed by atoms with E-state index >= 15 is 0 Å². The van der Waals surface area contributed by atoms with Crippen molar-refractivity contribution in [3.63, 3.8) is 0 Å². The zero-order valence-corrected chi connectivity index (χ0v) is 9.92. The largest absolute Gasteiger partial charge is 0.522 e. The van der Waals surface area contributed by atoms with E-state index in [1.807, 2.05) is 6.92 Å². The lowest BCUT2D eigenvalue weighted by molar-refractivity contribution is -0.329. The highest BCUT2D eigenvalue weighted by Crippen LogP contribution is 2.22. The molecule has 0 unspecified atom stereocenters. The lowest BCUT2D eigenvalue weighted by atomic mass is 9.98. The first-order chi connectivity index (χ1) is 7.92. The molecule has 1 atom stereocenters. The fraction of sp³-hybridized carbons (Fsp3) is 0.909. The van der Waals surface area contributed by atoms with Crippen molar-refractivity contribution >= 4 is 5.91 Å². The molecule has 0 aromatic rings. The molecule has 1 rings (SSSR count). The van der Waals surface area contributed by atoms with Gasteiger partial charge in [0.05, 0.1) is 6.61 Å². The van der Waals surface area contributed by atoms with Gasteiger partial charge in [0.1, 0.15) is 0 Å². The van der Waals surface area contributed by atoms with Crippen molar-refractivity contribution in [3.8, 4) is 0 Å². The van der Waals surface area contributed by atoms with E-state index < -0.39 is 6.36 Å². The number of carbonyl (C=O) groups is 1. The highest BCUT2D eigenvalue weighted by atomic mass is 19.4. The molecule has 6 heteroatoms. The van der Waals surface area contributed by atoms with Gasteiger partial charge in [-0.25, -0.2) is 0 Å². The maximum Gasteiger partial charge on any atom is 0.522 e. The Morgan fingerprint density at radius 3 is 2.76 bits per heavy atom. The molecule has 1 saturated heterocycles. The van der Waals surface area contributed by atoms with Crippen LogP contribution in [0.2, 0.25) is 0 Å². The van der Waals surface area contributed by atoms with Crippen molar-refractivity contribution < 1.29 is 22.7 Å². The van der Waals surface area contributed by atoms with Crippen molar-refractivity contribution in [1.82, 2.24) is 4.90 Å². The van der Waals surface area contributed by atoms with Gasteiger partial charge < -0.3 is 4.90 Å². The van der Waals surface area contributed by atoms with Gasteiger partial charge in [-0.05, 0) is 19.3 Å². The van der Waals surface area contributed by atoms with Crippen molar-refractivity contribution in [2.75, 3.05) is 19.7 Å². The first-order valence-electron chi connectivity index (χ1n) is 5.91. The van der Waals surface area contributed by atoms with Gasteiger partial charge in [0.15, 0.2) is 0 Å². The molecule has 1 amide bonds. The molecule has 1 aliphatic rings. The molecule has 0 radical (unpaired) electrons. The predicted octanol–water partition coefficient (Wildman–Crippen LogP) is 2.56. The summed E-state index contributed by atoms with van der Waals surface area (Å²) in [7, 11) is 0. The van der Waals surface area contributed by atoms with Crippen LogP contribution in [0.15, 0.2) is 0 Å². The Bertz CT molecular complexity index is 256. The maximum absolute atomic E-state index is 11.9. The standard InChI is InChI=1S/C11H18F3NO2/c1-2-4-10(16)15-6-3-5-9(7-15)8-17-11(12,13)14/h9H,2-8H2,1H3/t9-/m0/s1. The molecule has 0 spiro atoms. The minimum absolute atomic E-state index is 0.0317. The van der Waals surface area contributed by atoms with E-state index in [2.05, 4.69) is 4.74 Å². The number of amides is 1. The molecule has 0 aromatic carbocycles. The SMILES string of the molecule is CCCC(=O)N1CCC[C@H](COC(F)(F)F)C1. The molecule has 17 heavy (non-hydrogen) atoms. The average molecular weight is 253 g/mol. The number of rotatable bonds is 4. The third kappa shape index (κ3) is 5.39. The third-order valence-corrected chi connectivity index (χ3v) is 2.82. The van der Waals surface area contributed by atoms with Crippen molar-refractivity contribution in [2.45, 2.75) is 39.0 Å². The Labute approximate surface area is 98.9 Å². The van der Waals surface area contributed by atoms with Crippen LogP contribution in [0.3, 0.4) is 0 Å². The van der Waals surface area contributed by atoms with Gasteiger partial charge in [0, 0.05) is 25.4 Å². The van der Waals surface area contributed by atoms with Gasteiger partial charge in [-0.1, -0.05) is 6.92 Å². The Kier molecular flexibility index (Phi) is 5.24. The fourth-order valence-electron chi connectivity index (χ4n) is 2.01. The summed E-state index contributed by atoms with van der Waals surface area (Å²) in [5.74, 6) is -0.171. The normalized spacial score (nSPS) is 21.6. The first kappa shape index (κ1) is 14.3. The van der Waals surface area contributed by atoms with E-state index in [0.717, 1.165) is 12.8 Å². The number of hydrogen-bond donors (Lipinski definition) is 0. The highest BCUT2D eigenvalue weighted by molar-refractivity contribution is 5.76. The van der Waals surface area contributed by atoms with Gasteiger partial charge in [-0.15, -0.1) is 13.2 Å². The van der Waals surface area contributed by atoms with Gasteiger partial charge in [0.25, 0.3) is 0 Å². The fourth-order valence-corrected chi connectivity index (χ4v) is 2.01. The third-order valence-electron chi connectivity index (χ3n) is 2.82. The van der Waals surface area contributed by atoms with Crippen LogP contribution in [0.1, 0.15) is 32.6 Å². The summed E-state index contributed by atoms with van der Waals surface area (Å²) in [6.07, 6.45) is -1.91. The Morgan fingerprint density at radius 2 is 2.18 bits per heavy atom. The molecule has 0 N–H and O–H groups in total. The van der Waals surface area contributed by atoms with Crippen LogP contribution in [-0.2, 0) is 9.53 Å². The number of hydrogen-bond acceptors (Lipinski definition) is 2. The van der Waals surface area contributed by atoms with Crippen LogP contribution >= 0.6 is 0 Å². The molecule has 1 heterocycles. The molecule has 0 saturated carbocycles. The number of alkyl halides is 3. The molecule has 3 nitrogen and oxygen atoms in total. The number of halogens is 3. The second-order valence-corrected chi connectivity index (χ2v) is 4.35. The Hall–Kier alpha value is -0.780. The van der Waals surface area contributed by atoms with E-state index in [4.69, 9.17) is 0 Å². The quantitative estimate of drug-likeness (QED) is 0.770. The molecule has 0 aliphatic carbocycles. The topological polar surface area (TPSA) is 29.5 Å². The predicted molar refractivity (Wildman–Crippen MR) is 56.2 cm³/mol. The number of piperidine rings is 1. The minimum atomic E-state index is -4.57. The van der Waals surface area contributed by atoms with Crippen LogP contribution in [0.4, 0.5) is 13.2 Å². The Morgan fingerprint density at radius 1 is 1.47 bits per heavy atom. The van der Waals surface area contributed by atoms with Crippen LogP contribution < -0.4 is 0 Å². The van der Waals surface area contributed by atoms with E-state index in [1.165, 1.54) is 0 Å². The number of ether oxygens (including phenoxy) is 1. The van der Waals surface area contributed by atoms with Gasteiger partial charge in [0.2, 0.25) is 5.91 Å². The number of nitrogens with zero attached hydrogens (tertiary/aromatic N) is 1. The summed E-state index contributed by atoms with van der Waals surface area (Å²) in [4.78, 5) is 13.3. The van der Waals surface area contributed by atoms with Crippen molar-refractivity contribution in [2.24, 2.45) is 5.92 Å². The Balaban J connectivity index is 2.36. The zero-order chi connectivity index (χ0) is 12.9.